The summed E-state index contributed by atoms with van der Waals surface area (Å²) in [6, 6.07) is 8.29. The Balaban J connectivity index is 1.70. The molecule has 3 aromatic rings. The van der Waals surface area contributed by atoms with E-state index >= 15 is 0 Å². The van der Waals surface area contributed by atoms with Crippen LogP contribution in [0.4, 0.5) is 0 Å². The first-order chi connectivity index (χ1) is 13.7. The van der Waals surface area contributed by atoms with Gasteiger partial charge in [-0.3, -0.25) is 9.36 Å². The van der Waals surface area contributed by atoms with E-state index in [0.29, 0.717) is 0 Å². The lowest BCUT2D eigenvalue weighted by Crippen LogP contribution is -3.19. The van der Waals surface area contributed by atoms with E-state index in [9.17, 15) is 4.79 Å². The van der Waals surface area contributed by atoms with E-state index in [0.717, 1.165) is 67.3 Å². The van der Waals surface area contributed by atoms with Crippen LogP contribution in [-0.2, 0) is 19.4 Å². The van der Waals surface area contributed by atoms with Gasteiger partial charge in [-0.2, -0.15) is 0 Å². The van der Waals surface area contributed by atoms with Crippen molar-refractivity contribution in [3.63, 3.8) is 0 Å². The number of aryl methyl sites for hydroxylation is 3. The third kappa shape index (κ3) is 3.19. The Bertz CT molecular complexity index is 1060. The van der Waals surface area contributed by atoms with Crippen molar-refractivity contribution in [2.75, 3.05) is 26.2 Å². The van der Waals surface area contributed by atoms with Gasteiger partial charge in [0, 0.05) is 4.88 Å². The fourth-order valence-corrected chi connectivity index (χ4v) is 5.88. The highest BCUT2D eigenvalue weighted by Crippen LogP contribution is 2.34. The average molecular weight is 397 g/mol. The molecule has 1 aromatic carbocycles. The molecule has 2 aromatic heterocycles. The molecule has 0 amide bonds. The zero-order valence-electron chi connectivity index (χ0n) is 16.5. The van der Waals surface area contributed by atoms with Gasteiger partial charge in [-0.05, 0) is 50.3 Å². The maximum absolute atomic E-state index is 13.7. The number of nitrogens with zero attached hydrogens (tertiary/aromatic N) is 2. The van der Waals surface area contributed by atoms with E-state index in [1.54, 1.807) is 11.3 Å². The number of hydrogen-bond donors (Lipinski definition) is 2. The minimum absolute atomic E-state index is 0.131. The molecule has 1 aliphatic heterocycles. The quantitative estimate of drug-likeness (QED) is 0.681. The van der Waals surface area contributed by atoms with Gasteiger partial charge in [-0.25, -0.2) is 4.98 Å². The number of quaternary nitrogens is 2. The number of piperazine rings is 1. The lowest BCUT2D eigenvalue weighted by molar-refractivity contribution is -0.958. The Morgan fingerprint density at radius 2 is 1.89 bits per heavy atom. The van der Waals surface area contributed by atoms with Crippen LogP contribution in [0.5, 0.6) is 0 Å². The highest BCUT2D eigenvalue weighted by atomic mass is 32.1. The summed E-state index contributed by atoms with van der Waals surface area (Å²) in [4.78, 5) is 22.7. The first-order valence-electron chi connectivity index (χ1n) is 10.5. The summed E-state index contributed by atoms with van der Waals surface area (Å²) in [5, 5.41) is 3.26. The van der Waals surface area contributed by atoms with E-state index in [4.69, 9.17) is 4.98 Å². The van der Waals surface area contributed by atoms with E-state index in [1.165, 1.54) is 33.7 Å². The third-order valence-corrected chi connectivity index (χ3v) is 7.35. The van der Waals surface area contributed by atoms with Crippen molar-refractivity contribution in [3.05, 3.63) is 56.4 Å². The Morgan fingerprint density at radius 3 is 2.68 bits per heavy atom. The molecule has 0 radical (unpaired) electrons. The van der Waals surface area contributed by atoms with Crippen molar-refractivity contribution in [3.8, 4) is 5.69 Å². The number of benzene rings is 1. The molecule has 0 spiro atoms. The lowest BCUT2D eigenvalue weighted by atomic mass is 9.97. The fourth-order valence-electron chi connectivity index (χ4n) is 4.61. The summed E-state index contributed by atoms with van der Waals surface area (Å²) in [5.41, 5.74) is 3.55. The number of rotatable bonds is 3. The van der Waals surface area contributed by atoms with Crippen LogP contribution in [0.25, 0.3) is 15.9 Å². The van der Waals surface area contributed by atoms with Crippen LogP contribution >= 0.6 is 11.3 Å². The van der Waals surface area contributed by atoms with Crippen molar-refractivity contribution in [1.82, 2.24) is 9.55 Å². The third-order valence-electron chi connectivity index (χ3n) is 6.16. The maximum atomic E-state index is 13.7. The molecule has 5 rings (SSSR count). The minimum atomic E-state index is 0.131. The van der Waals surface area contributed by atoms with Crippen LogP contribution in [0.2, 0.25) is 0 Å². The smallest absolute Gasteiger partial charge is 0.267 e. The summed E-state index contributed by atoms with van der Waals surface area (Å²) in [5.74, 6) is 0.914. The molecule has 28 heavy (non-hydrogen) atoms. The molecule has 6 heteroatoms. The number of fused-ring (bicyclic) bond motifs is 3. The van der Waals surface area contributed by atoms with Gasteiger partial charge in [0.15, 0.2) is 5.82 Å². The summed E-state index contributed by atoms with van der Waals surface area (Å²) in [6.07, 6.45) is 4.53. The fraction of sp³-hybridized carbons (Fsp3) is 0.455. The molecule has 5 nitrogen and oxygen atoms in total. The van der Waals surface area contributed by atoms with Crippen LogP contribution in [0, 0.1) is 6.92 Å². The zero-order chi connectivity index (χ0) is 19.1. The van der Waals surface area contributed by atoms with Crippen LogP contribution in [0.15, 0.2) is 29.1 Å². The molecule has 0 unspecified atom stereocenters. The molecule has 0 saturated carbocycles. The summed E-state index contributed by atoms with van der Waals surface area (Å²) in [6.45, 7) is 7.46. The number of nitrogens with two attached hydrogens (primary N) is 1. The monoisotopic (exact) mass is 396 g/mol. The van der Waals surface area contributed by atoms with E-state index in [2.05, 4.69) is 36.5 Å². The van der Waals surface area contributed by atoms with E-state index < -0.39 is 0 Å². The lowest BCUT2D eigenvalue weighted by Gasteiger charge is -2.23. The second-order valence-electron chi connectivity index (χ2n) is 8.19. The highest BCUT2D eigenvalue weighted by molar-refractivity contribution is 7.18. The molecular formula is C22H28N4OS+2. The molecule has 3 heterocycles. The highest BCUT2D eigenvalue weighted by Gasteiger charge is 2.25. The first-order valence-corrected chi connectivity index (χ1v) is 11.3. The molecular weight excluding hydrogens is 368 g/mol. The Morgan fingerprint density at radius 1 is 1.14 bits per heavy atom. The number of nitrogens with one attached hydrogen (secondary N) is 1. The van der Waals surface area contributed by atoms with Crippen molar-refractivity contribution >= 4 is 21.6 Å². The van der Waals surface area contributed by atoms with Gasteiger partial charge in [-0.15, -0.1) is 11.3 Å². The Hall–Kier alpha value is -2.02. The van der Waals surface area contributed by atoms with Gasteiger partial charge >= 0.3 is 0 Å². The second kappa shape index (κ2) is 7.43. The van der Waals surface area contributed by atoms with E-state index in [1.807, 2.05) is 4.57 Å². The first kappa shape index (κ1) is 18.0. The van der Waals surface area contributed by atoms with Crippen molar-refractivity contribution in [2.45, 2.75) is 39.2 Å². The van der Waals surface area contributed by atoms with Crippen LogP contribution in [-0.4, -0.2) is 35.7 Å². The Labute approximate surface area is 169 Å². The molecule has 146 valence electrons. The van der Waals surface area contributed by atoms with Crippen LogP contribution < -0.4 is 15.8 Å². The molecule has 2 aliphatic rings. The molecule has 0 bridgehead atoms. The van der Waals surface area contributed by atoms with Gasteiger partial charge in [0.1, 0.15) is 37.6 Å². The number of aromatic nitrogens is 2. The zero-order valence-corrected chi connectivity index (χ0v) is 17.3. The van der Waals surface area contributed by atoms with Gasteiger partial charge < -0.3 is 10.2 Å². The number of thiophene rings is 1. The molecule has 1 saturated heterocycles. The second-order valence-corrected chi connectivity index (χ2v) is 9.27. The standard InChI is InChI=1S/C22H26N4OS/c1-15-6-8-16(9-7-15)26-19(14-25-12-10-23-11-13-25)24-21-20(22(26)27)17-4-2-3-5-18(17)28-21/h6-9,23H,2-5,10-14H2,1H3/p+2. The molecule has 1 fully saturated rings. The summed E-state index contributed by atoms with van der Waals surface area (Å²) >= 11 is 1.76. The predicted octanol–water partition coefficient (Wildman–Crippen LogP) is 0.596. The van der Waals surface area contributed by atoms with Crippen molar-refractivity contribution in [2.24, 2.45) is 0 Å². The van der Waals surface area contributed by atoms with Gasteiger partial charge in [-0.1, -0.05) is 17.7 Å². The van der Waals surface area contributed by atoms with Crippen LogP contribution in [0.1, 0.15) is 34.7 Å². The minimum Gasteiger partial charge on any atom is -0.337 e. The SMILES string of the molecule is Cc1ccc(-n2c(C[NH+]3CC[NH2+]CC3)nc3sc4c(c3c2=O)CCCC4)cc1. The van der Waals surface area contributed by atoms with Crippen molar-refractivity contribution < 1.29 is 10.2 Å². The normalized spacial score (nSPS) is 17.8. The predicted molar refractivity (Wildman–Crippen MR) is 113 cm³/mol. The van der Waals surface area contributed by atoms with Crippen LogP contribution in [0.3, 0.4) is 0 Å². The largest absolute Gasteiger partial charge is 0.337 e. The topological polar surface area (TPSA) is 55.9 Å². The molecule has 3 N–H and O–H groups in total. The van der Waals surface area contributed by atoms with Crippen molar-refractivity contribution in [1.29, 1.82) is 0 Å². The summed E-state index contributed by atoms with van der Waals surface area (Å²) in [7, 11) is 0. The molecule has 1 aliphatic carbocycles. The summed E-state index contributed by atoms with van der Waals surface area (Å²) < 4.78 is 1.90. The number of hydrogen-bond acceptors (Lipinski definition) is 3. The van der Waals surface area contributed by atoms with E-state index in [-0.39, 0.29) is 5.56 Å². The molecule has 0 atom stereocenters. The Kier molecular flexibility index (Phi) is 4.78. The van der Waals surface area contributed by atoms with Gasteiger partial charge in [0.25, 0.3) is 5.56 Å². The van der Waals surface area contributed by atoms with Gasteiger partial charge in [0.2, 0.25) is 0 Å². The van der Waals surface area contributed by atoms with Gasteiger partial charge in [0.05, 0.1) is 11.1 Å². The average Bonchev–Trinajstić information content (AvgIpc) is 3.08. The maximum Gasteiger partial charge on any atom is 0.267 e.